The third-order valence-corrected chi connectivity index (χ3v) is 8.12. The van der Waals surface area contributed by atoms with Gasteiger partial charge in [-0.3, -0.25) is 19.7 Å². The fraction of sp³-hybridized carbons (Fsp3) is 0.464. The Kier molecular flexibility index (Phi) is 6.67. The zero-order valence-electron chi connectivity index (χ0n) is 20.8. The first-order chi connectivity index (χ1) is 18.1. The van der Waals surface area contributed by atoms with Gasteiger partial charge in [0.15, 0.2) is 5.69 Å². The first kappa shape index (κ1) is 24.1. The molecule has 37 heavy (non-hydrogen) atoms. The van der Waals surface area contributed by atoms with Crippen molar-refractivity contribution < 1.29 is 19.4 Å². The van der Waals surface area contributed by atoms with E-state index in [9.17, 15) is 14.7 Å². The SMILES string of the molecule is O=C(Nc1ccc(C2NNC(=O)C3CCCCC32)c(CO)c1)c1nn(CC2CCCO2)c2ccccc12. The molecule has 0 bridgehead atoms. The number of hydrogen-bond acceptors (Lipinski definition) is 6. The number of para-hydroxylation sites is 1. The van der Waals surface area contributed by atoms with E-state index in [1.807, 2.05) is 47.1 Å². The van der Waals surface area contributed by atoms with E-state index in [1.54, 1.807) is 0 Å². The topological polar surface area (TPSA) is 118 Å². The van der Waals surface area contributed by atoms with Crippen molar-refractivity contribution in [1.29, 1.82) is 0 Å². The summed E-state index contributed by atoms with van der Waals surface area (Å²) in [5, 5.41) is 18.6. The Balaban J connectivity index is 1.24. The molecule has 1 aromatic heterocycles. The molecule has 0 spiro atoms. The number of carbonyl (C=O) groups is 2. The molecule has 3 heterocycles. The predicted octanol–water partition coefficient (Wildman–Crippen LogP) is 3.44. The molecule has 0 radical (unpaired) electrons. The number of benzene rings is 2. The van der Waals surface area contributed by atoms with Crippen LogP contribution in [0.25, 0.3) is 10.9 Å². The molecule has 1 aliphatic carbocycles. The first-order valence-corrected chi connectivity index (χ1v) is 13.3. The fourth-order valence-electron chi connectivity index (χ4n) is 6.27. The van der Waals surface area contributed by atoms with Gasteiger partial charge in [-0.05, 0) is 60.9 Å². The first-order valence-electron chi connectivity index (χ1n) is 13.3. The minimum absolute atomic E-state index is 0.0102. The van der Waals surface area contributed by atoms with Crippen LogP contribution in [0, 0.1) is 11.8 Å². The minimum atomic E-state index is -0.297. The number of aliphatic hydroxyl groups is 1. The molecule has 4 N–H and O–H groups in total. The molecule has 1 saturated carbocycles. The highest BCUT2D eigenvalue weighted by Crippen LogP contribution is 2.41. The van der Waals surface area contributed by atoms with E-state index in [2.05, 4.69) is 21.3 Å². The quantitative estimate of drug-likeness (QED) is 0.409. The van der Waals surface area contributed by atoms with Crippen LogP contribution < -0.4 is 16.2 Å². The van der Waals surface area contributed by atoms with Crippen LogP contribution in [0.1, 0.15) is 66.2 Å². The summed E-state index contributed by atoms with van der Waals surface area (Å²) in [6.45, 7) is 1.22. The molecular weight excluding hydrogens is 470 g/mol. The van der Waals surface area contributed by atoms with Gasteiger partial charge in [-0.1, -0.05) is 37.1 Å². The van der Waals surface area contributed by atoms with E-state index in [0.29, 0.717) is 17.9 Å². The van der Waals surface area contributed by atoms with Crippen molar-refractivity contribution in [3.63, 3.8) is 0 Å². The molecule has 9 heteroatoms. The number of carbonyl (C=O) groups excluding carboxylic acids is 2. The van der Waals surface area contributed by atoms with Gasteiger partial charge < -0.3 is 15.2 Å². The van der Waals surface area contributed by atoms with Crippen molar-refractivity contribution in [2.45, 2.75) is 63.8 Å². The molecule has 3 aliphatic rings. The fourth-order valence-corrected chi connectivity index (χ4v) is 6.27. The number of rotatable bonds is 6. The molecule has 2 saturated heterocycles. The van der Waals surface area contributed by atoms with Crippen LogP contribution in [0.5, 0.6) is 0 Å². The average molecular weight is 504 g/mol. The van der Waals surface area contributed by atoms with Crippen LogP contribution in [0.3, 0.4) is 0 Å². The molecule has 9 nitrogen and oxygen atoms in total. The monoisotopic (exact) mass is 503 g/mol. The van der Waals surface area contributed by atoms with Gasteiger partial charge >= 0.3 is 0 Å². The number of anilines is 1. The number of nitrogens with one attached hydrogen (secondary N) is 3. The normalized spacial score (nSPS) is 25.6. The van der Waals surface area contributed by atoms with E-state index >= 15 is 0 Å². The summed E-state index contributed by atoms with van der Waals surface area (Å²) in [6.07, 6.45) is 6.18. The van der Waals surface area contributed by atoms with Gasteiger partial charge in [0, 0.05) is 23.6 Å². The largest absolute Gasteiger partial charge is 0.392 e. The minimum Gasteiger partial charge on any atom is -0.392 e. The smallest absolute Gasteiger partial charge is 0.276 e. The molecule has 3 fully saturated rings. The van der Waals surface area contributed by atoms with Crippen LogP contribution in [-0.4, -0.2) is 39.4 Å². The van der Waals surface area contributed by atoms with E-state index in [4.69, 9.17) is 4.74 Å². The van der Waals surface area contributed by atoms with Crippen LogP contribution in [0.4, 0.5) is 5.69 Å². The second-order valence-corrected chi connectivity index (χ2v) is 10.4. The number of fused-ring (bicyclic) bond motifs is 2. The number of hydrogen-bond donors (Lipinski definition) is 4. The van der Waals surface area contributed by atoms with Crippen molar-refractivity contribution in [2.24, 2.45) is 11.8 Å². The molecule has 2 aliphatic heterocycles. The summed E-state index contributed by atoms with van der Waals surface area (Å²) in [6, 6.07) is 13.3. The number of nitrogens with zero attached hydrogens (tertiary/aromatic N) is 2. The van der Waals surface area contributed by atoms with Crippen molar-refractivity contribution >= 4 is 28.4 Å². The number of amides is 2. The lowest BCUT2D eigenvalue weighted by Crippen LogP contribution is -2.55. The second-order valence-electron chi connectivity index (χ2n) is 10.4. The second kappa shape index (κ2) is 10.2. The van der Waals surface area contributed by atoms with Crippen LogP contribution >= 0.6 is 0 Å². The lowest BCUT2D eigenvalue weighted by atomic mass is 9.71. The number of ether oxygens (including phenoxy) is 1. The maximum absolute atomic E-state index is 13.3. The van der Waals surface area contributed by atoms with Crippen molar-refractivity contribution in [3.8, 4) is 0 Å². The highest BCUT2D eigenvalue weighted by atomic mass is 16.5. The lowest BCUT2D eigenvalue weighted by molar-refractivity contribution is -0.133. The molecule has 4 unspecified atom stereocenters. The third-order valence-electron chi connectivity index (χ3n) is 8.12. The van der Waals surface area contributed by atoms with Crippen LogP contribution in [0.2, 0.25) is 0 Å². The van der Waals surface area contributed by atoms with Crippen LogP contribution in [-0.2, 0) is 22.7 Å². The molecule has 3 aromatic rings. The summed E-state index contributed by atoms with van der Waals surface area (Å²) in [5.74, 6) is -0.0627. The summed E-state index contributed by atoms with van der Waals surface area (Å²) in [7, 11) is 0. The molecule has 4 atom stereocenters. The predicted molar refractivity (Wildman–Crippen MR) is 138 cm³/mol. The average Bonchev–Trinajstić information content (AvgIpc) is 3.58. The zero-order chi connectivity index (χ0) is 25.4. The Morgan fingerprint density at radius 2 is 2.00 bits per heavy atom. The van der Waals surface area contributed by atoms with E-state index in [1.165, 1.54) is 0 Å². The van der Waals surface area contributed by atoms with E-state index < -0.39 is 0 Å². The van der Waals surface area contributed by atoms with Gasteiger partial charge in [0.25, 0.3) is 5.91 Å². The Labute approximate surface area is 215 Å². The maximum atomic E-state index is 13.3. The summed E-state index contributed by atoms with van der Waals surface area (Å²) in [5.41, 5.74) is 9.55. The highest BCUT2D eigenvalue weighted by molar-refractivity contribution is 6.11. The Bertz CT molecular complexity index is 1320. The molecule has 6 rings (SSSR count). The Morgan fingerprint density at radius 1 is 1.14 bits per heavy atom. The van der Waals surface area contributed by atoms with Crippen molar-refractivity contribution in [3.05, 3.63) is 59.3 Å². The summed E-state index contributed by atoms with van der Waals surface area (Å²) >= 11 is 0. The van der Waals surface area contributed by atoms with Gasteiger partial charge in [-0.25, -0.2) is 5.43 Å². The number of hydrazine groups is 1. The van der Waals surface area contributed by atoms with E-state index in [-0.39, 0.29) is 42.4 Å². The molecule has 2 amide bonds. The zero-order valence-corrected chi connectivity index (χ0v) is 20.8. The maximum Gasteiger partial charge on any atom is 0.276 e. The molecule has 2 aromatic carbocycles. The standard InChI is InChI=1S/C28H33N5O4/c34-16-17-14-18(11-12-20(17)25-21-7-1-2-8-22(21)27(35)31-30-25)29-28(36)26-23-9-3-4-10-24(23)33(32-26)15-19-6-5-13-37-19/h3-4,9-12,14,19,21-22,25,30,34H,1-2,5-8,13,15-16H2,(H,29,36)(H,31,35). The number of aromatic nitrogens is 2. The van der Waals surface area contributed by atoms with Gasteiger partial charge in [0.05, 0.1) is 30.8 Å². The van der Waals surface area contributed by atoms with Crippen LogP contribution in [0.15, 0.2) is 42.5 Å². The van der Waals surface area contributed by atoms with E-state index in [0.717, 1.165) is 67.2 Å². The summed E-state index contributed by atoms with van der Waals surface area (Å²) < 4.78 is 7.65. The van der Waals surface area contributed by atoms with Gasteiger partial charge in [0.2, 0.25) is 5.91 Å². The summed E-state index contributed by atoms with van der Waals surface area (Å²) in [4.78, 5) is 25.7. The van der Waals surface area contributed by atoms with Gasteiger partial charge in [0.1, 0.15) is 0 Å². The lowest BCUT2D eigenvalue weighted by Gasteiger charge is -2.41. The van der Waals surface area contributed by atoms with Crippen molar-refractivity contribution in [1.82, 2.24) is 20.6 Å². The number of aliphatic hydroxyl groups excluding tert-OH is 1. The molecular formula is C28H33N5O4. The van der Waals surface area contributed by atoms with Gasteiger partial charge in [-0.2, -0.15) is 5.10 Å². The Morgan fingerprint density at radius 3 is 2.84 bits per heavy atom. The van der Waals surface area contributed by atoms with Gasteiger partial charge in [-0.15, -0.1) is 0 Å². The third kappa shape index (κ3) is 4.63. The Hall–Kier alpha value is -3.27. The highest BCUT2D eigenvalue weighted by Gasteiger charge is 2.41. The molecule has 194 valence electrons. The van der Waals surface area contributed by atoms with Crippen molar-refractivity contribution in [2.75, 3.05) is 11.9 Å².